The smallest absolute Gasteiger partial charge is 0.252 e. The zero-order valence-corrected chi connectivity index (χ0v) is 16.4. The van der Waals surface area contributed by atoms with Gasteiger partial charge in [-0.2, -0.15) is 4.98 Å². The van der Waals surface area contributed by atoms with E-state index in [-0.39, 0.29) is 18.4 Å². The van der Waals surface area contributed by atoms with Crippen LogP contribution in [0.25, 0.3) is 0 Å². The quantitative estimate of drug-likeness (QED) is 0.614. The molecular formula is C23H25N3O3. The van der Waals surface area contributed by atoms with E-state index in [1.807, 2.05) is 65.6 Å². The summed E-state index contributed by atoms with van der Waals surface area (Å²) >= 11 is 0. The second-order valence-electron chi connectivity index (χ2n) is 7.37. The van der Waals surface area contributed by atoms with E-state index in [0.29, 0.717) is 31.3 Å². The molecule has 4 rings (SSSR count). The summed E-state index contributed by atoms with van der Waals surface area (Å²) in [7, 11) is 0. The summed E-state index contributed by atoms with van der Waals surface area (Å²) in [6.07, 6.45) is 2.33. The van der Waals surface area contributed by atoms with Crippen molar-refractivity contribution in [3.8, 4) is 0 Å². The van der Waals surface area contributed by atoms with Gasteiger partial charge in [-0.3, -0.25) is 4.79 Å². The number of piperidine rings is 1. The Bertz CT molecular complexity index is 911. The molecule has 6 heteroatoms. The number of carbonyl (C=O) groups excluding carboxylic acids is 1. The highest BCUT2D eigenvalue weighted by molar-refractivity contribution is 5.78. The minimum atomic E-state index is 0.107. The molecule has 1 aliphatic rings. The van der Waals surface area contributed by atoms with Gasteiger partial charge in [-0.15, -0.1) is 0 Å². The van der Waals surface area contributed by atoms with Crippen molar-refractivity contribution in [1.29, 1.82) is 0 Å². The van der Waals surface area contributed by atoms with Crippen LogP contribution in [-0.2, 0) is 29.2 Å². The van der Waals surface area contributed by atoms with E-state index in [1.165, 1.54) is 0 Å². The number of aromatic nitrogens is 2. The highest BCUT2D eigenvalue weighted by Gasteiger charge is 2.28. The molecule has 0 saturated carbocycles. The molecule has 2 heterocycles. The zero-order valence-electron chi connectivity index (χ0n) is 16.4. The molecule has 150 valence electrons. The third-order valence-corrected chi connectivity index (χ3v) is 5.16. The van der Waals surface area contributed by atoms with Crippen molar-refractivity contribution in [2.75, 3.05) is 13.1 Å². The number of hydrogen-bond acceptors (Lipinski definition) is 5. The molecule has 0 spiro atoms. The standard InChI is InChI=1S/C23H25N3O3/c27-22(14-18-8-3-1-4-9-18)26-13-7-12-20(15-26)23-24-21(29-25-23)17-28-16-19-10-5-2-6-11-19/h1-6,8-11,20H,7,12-17H2. The molecule has 2 aromatic carbocycles. The maximum Gasteiger partial charge on any atom is 0.252 e. The van der Waals surface area contributed by atoms with E-state index in [0.717, 1.165) is 30.5 Å². The van der Waals surface area contributed by atoms with Crippen LogP contribution in [0.1, 0.15) is 41.6 Å². The van der Waals surface area contributed by atoms with Gasteiger partial charge in [0.15, 0.2) is 5.82 Å². The van der Waals surface area contributed by atoms with Crippen molar-refractivity contribution in [1.82, 2.24) is 15.0 Å². The number of hydrogen-bond donors (Lipinski definition) is 0. The average molecular weight is 391 g/mol. The van der Waals surface area contributed by atoms with Crippen LogP contribution in [0.2, 0.25) is 0 Å². The summed E-state index contributed by atoms with van der Waals surface area (Å²) < 4.78 is 11.0. The monoisotopic (exact) mass is 391 g/mol. The van der Waals surface area contributed by atoms with Gasteiger partial charge in [-0.25, -0.2) is 0 Å². The summed E-state index contributed by atoms with van der Waals surface area (Å²) in [5, 5.41) is 4.14. The van der Waals surface area contributed by atoms with Gasteiger partial charge in [-0.05, 0) is 24.0 Å². The van der Waals surface area contributed by atoms with E-state index >= 15 is 0 Å². The molecule has 1 unspecified atom stereocenters. The SMILES string of the molecule is O=C(Cc1ccccc1)N1CCCC(c2noc(COCc3ccccc3)n2)C1. The Morgan fingerprint density at radius 1 is 1.03 bits per heavy atom. The molecule has 1 atom stereocenters. The molecular weight excluding hydrogens is 366 g/mol. The van der Waals surface area contributed by atoms with Crippen molar-refractivity contribution >= 4 is 5.91 Å². The summed E-state index contributed by atoms with van der Waals surface area (Å²) in [6, 6.07) is 19.8. The first kappa shape index (κ1) is 19.3. The molecule has 0 radical (unpaired) electrons. The molecule has 0 bridgehead atoms. The van der Waals surface area contributed by atoms with Crippen LogP contribution in [0.5, 0.6) is 0 Å². The van der Waals surface area contributed by atoms with Crippen LogP contribution in [-0.4, -0.2) is 34.0 Å². The minimum absolute atomic E-state index is 0.107. The van der Waals surface area contributed by atoms with Crippen molar-refractivity contribution < 1.29 is 14.1 Å². The lowest BCUT2D eigenvalue weighted by atomic mass is 9.97. The Hall–Kier alpha value is -2.99. The van der Waals surface area contributed by atoms with Gasteiger partial charge in [0.25, 0.3) is 5.89 Å². The largest absolute Gasteiger partial charge is 0.367 e. The molecule has 6 nitrogen and oxygen atoms in total. The number of amides is 1. The number of nitrogens with zero attached hydrogens (tertiary/aromatic N) is 3. The van der Waals surface area contributed by atoms with Crippen LogP contribution in [0.15, 0.2) is 65.2 Å². The second-order valence-corrected chi connectivity index (χ2v) is 7.37. The summed E-state index contributed by atoms with van der Waals surface area (Å²) in [5.41, 5.74) is 2.14. The Balaban J connectivity index is 1.30. The van der Waals surface area contributed by atoms with E-state index in [2.05, 4.69) is 10.1 Å². The van der Waals surface area contributed by atoms with E-state index < -0.39 is 0 Å². The fraction of sp³-hybridized carbons (Fsp3) is 0.348. The number of benzene rings is 2. The first-order chi connectivity index (χ1) is 14.3. The molecule has 0 N–H and O–H groups in total. The Morgan fingerprint density at radius 3 is 2.52 bits per heavy atom. The molecule has 1 saturated heterocycles. The van der Waals surface area contributed by atoms with Gasteiger partial charge < -0.3 is 14.2 Å². The topological polar surface area (TPSA) is 68.5 Å². The predicted molar refractivity (Wildman–Crippen MR) is 108 cm³/mol. The maximum absolute atomic E-state index is 12.7. The number of likely N-dealkylation sites (tertiary alicyclic amines) is 1. The molecule has 1 amide bonds. The molecule has 3 aromatic rings. The van der Waals surface area contributed by atoms with Crippen LogP contribution < -0.4 is 0 Å². The Kier molecular flexibility index (Phi) is 6.32. The fourth-order valence-corrected chi connectivity index (χ4v) is 3.62. The van der Waals surface area contributed by atoms with Gasteiger partial charge in [0.1, 0.15) is 6.61 Å². The predicted octanol–water partition coefficient (Wildman–Crippen LogP) is 3.74. The van der Waals surface area contributed by atoms with E-state index in [4.69, 9.17) is 9.26 Å². The number of ether oxygens (including phenoxy) is 1. The normalized spacial score (nSPS) is 16.7. The highest BCUT2D eigenvalue weighted by Crippen LogP contribution is 2.25. The second kappa shape index (κ2) is 9.47. The number of carbonyl (C=O) groups is 1. The molecule has 29 heavy (non-hydrogen) atoms. The average Bonchev–Trinajstić information content (AvgIpc) is 3.24. The summed E-state index contributed by atoms with van der Waals surface area (Å²) in [4.78, 5) is 19.1. The fourth-order valence-electron chi connectivity index (χ4n) is 3.62. The van der Waals surface area contributed by atoms with Crippen molar-refractivity contribution in [2.45, 2.75) is 38.4 Å². The van der Waals surface area contributed by atoms with Crippen LogP contribution in [0, 0.1) is 0 Å². The maximum atomic E-state index is 12.7. The summed E-state index contributed by atoms with van der Waals surface area (Å²) in [6.45, 7) is 2.21. The van der Waals surface area contributed by atoms with Crippen molar-refractivity contribution in [2.24, 2.45) is 0 Å². The van der Waals surface area contributed by atoms with Crippen LogP contribution in [0.3, 0.4) is 0 Å². The minimum Gasteiger partial charge on any atom is -0.367 e. The van der Waals surface area contributed by atoms with E-state index in [9.17, 15) is 4.79 Å². The van der Waals surface area contributed by atoms with Crippen LogP contribution >= 0.6 is 0 Å². The Morgan fingerprint density at radius 2 is 1.76 bits per heavy atom. The molecule has 1 aromatic heterocycles. The first-order valence-corrected chi connectivity index (χ1v) is 10.0. The highest BCUT2D eigenvalue weighted by atomic mass is 16.5. The lowest BCUT2D eigenvalue weighted by Gasteiger charge is -2.31. The number of rotatable bonds is 7. The lowest BCUT2D eigenvalue weighted by Crippen LogP contribution is -2.40. The summed E-state index contributed by atoms with van der Waals surface area (Å²) in [5.74, 6) is 1.40. The van der Waals surface area contributed by atoms with E-state index in [1.54, 1.807) is 0 Å². The first-order valence-electron chi connectivity index (χ1n) is 10.0. The van der Waals surface area contributed by atoms with Gasteiger partial charge in [0, 0.05) is 19.0 Å². The van der Waals surface area contributed by atoms with Gasteiger partial charge in [-0.1, -0.05) is 65.8 Å². The molecule has 1 fully saturated rings. The van der Waals surface area contributed by atoms with Gasteiger partial charge in [0.2, 0.25) is 5.91 Å². The zero-order chi connectivity index (χ0) is 19.9. The molecule has 1 aliphatic heterocycles. The third-order valence-electron chi connectivity index (χ3n) is 5.16. The van der Waals surface area contributed by atoms with Gasteiger partial charge in [0.05, 0.1) is 13.0 Å². The third kappa shape index (κ3) is 5.29. The van der Waals surface area contributed by atoms with Gasteiger partial charge >= 0.3 is 0 Å². The van der Waals surface area contributed by atoms with Crippen molar-refractivity contribution in [3.63, 3.8) is 0 Å². The van der Waals surface area contributed by atoms with Crippen molar-refractivity contribution in [3.05, 3.63) is 83.5 Å². The van der Waals surface area contributed by atoms with Crippen LogP contribution in [0.4, 0.5) is 0 Å². The Labute approximate surface area is 170 Å². The molecule has 0 aliphatic carbocycles. The lowest BCUT2D eigenvalue weighted by molar-refractivity contribution is -0.131.